The minimum Gasteiger partial charge on any atom is -0.493 e. The van der Waals surface area contributed by atoms with Gasteiger partial charge in [-0.3, -0.25) is 0 Å². The molecule has 1 aromatic carbocycles. The van der Waals surface area contributed by atoms with E-state index in [4.69, 9.17) is 14.7 Å². The van der Waals surface area contributed by atoms with Crippen molar-refractivity contribution in [3.63, 3.8) is 0 Å². The van der Waals surface area contributed by atoms with E-state index in [-0.39, 0.29) is 0 Å². The summed E-state index contributed by atoms with van der Waals surface area (Å²) in [5.41, 5.74) is 1.27. The molecule has 4 nitrogen and oxygen atoms in total. The Kier molecular flexibility index (Phi) is 4.15. The van der Waals surface area contributed by atoms with Gasteiger partial charge in [0.05, 0.1) is 32.0 Å². The Hall–Kier alpha value is -1.73. The second kappa shape index (κ2) is 5.38. The summed E-state index contributed by atoms with van der Waals surface area (Å²) in [5.74, 6) is 1.08. The van der Waals surface area contributed by atoms with Crippen LogP contribution in [-0.2, 0) is 6.42 Å². The molecule has 0 saturated heterocycles. The molecule has 1 atom stereocenters. The van der Waals surface area contributed by atoms with Gasteiger partial charge in [0.25, 0.3) is 0 Å². The van der Waals surface area contributed by atoms with Crippen LogP contribution in [0, 0.1) is 11.3 Å². The van der Waals surface area contributed by atoms with Crippen LogP contribution in [0.1, 0.15) is 18.1 Å². The fourth-order valence-electron chi connectivity index (χ4n) is 1.58. The van der Waals surface area contributed by atoms with Crippen LogP contribution in [0.5, 0.6) is 11.5 Å². The highest BCUT2D eigenvalue weighted by molar-refractivity contribution is 5.52. The third kappa shape index (κ3) is 2.65. The summed E-state index contributed by atoms with van der Waals surface area (Å²) in [5, 5.41) is 18.2. The van der Waals surface area contributed by atoms with Crippen LogP contribution in [0.15, 0.2) is 12.1 Å². The van der Waals surface area contributed by atoms with Crippen molar-refractivity contribution in [2.75, 3.05) is 14.2 Å². The zero-order valence-electron chi connectivity index (χ0n) is 9.65. The van der Waals surface area contributed by atoms with Crippen molar-refractivity contribution < 1.29 is 14.6 Å². The molecule has 1 unspecified atom stereocenters. The third-order valence-corrected chi connectivity index (χ3v) is 2.20. The van der Waals surface area contributed by atoms with Gasteiger partial charge in [0, 0.05) is 18.1 Å². The van der Waals surface area contributed by atoms with E-state index in [2.05, 4.69) is 0 Å². The van der Waals surface area contributed by atoms with E-state index < -0.39 is 6.10 Å². The summed E-state index contributed by atoms with van der Waals surface area (Å²) in [4.78, 5) is 0. The fourth-order valence-corrected chi connectivity index (χ4v) is 1.58. The summed E-state index contributed by atoms with van der Waals surface area (Å²) in [6.07, 6.45) is -0.0674. The lowest BCUT2D eigenvalue weighted by atomic mass is 10.0. The number of ether oxygens (including phenoxy) is 2. The maximum absolute atomic E-state index is 9.37. The molecule has 0 radical (unpaired) electrons. The average Bonchev–Trinajstić information content (AvgIpc) is 2.27. The SMILES string of the molecule is COc1cc(C#N)cc(CC(C)O)c1OC. The molecule has 0 aromatic heterocycles. The van der Waals surface area contributed by atoms with Gasteiger partial charge < -0.3 is 14.6 Å². The number of rotatable bonds is 4. The molecule has 0 bridgehead atoms. The summed E-state index contributed by atoms with van der Waals surface area (Å²) < 4.78 is 10.4. The van der Waals surface area contributed by atoms with Crippen LogP contribution in [0.25, 0.3) is 0 Å². The summed E-state index contributed by atoms with van der Waals surface area (Å²) in [6.45, 7) is 1.69. The van der Waals surface area contributed by atoms with Crippen molar-refractivity contribution in [3.8, 4) is 17.6 Å². The normalized spacial score (nSPS) is 11.7. The Labute approximate surface area is 95.0 Å². The standard InChI is InChI=1S/C12H15NO3/c1-8(14)4-10-5-9(7-13)6-11(15-2)12(10)16-3/h5-6,8,14H,4H2,1-3H3. The average molecular weight is 221 g/mol. The van der Waals surface area contributed by atoms with E-state index in [1.165, 1.54) is 14.2 Å². The molecule has 16 heavy (non-hydrogen) atoms. The van der Waals surface area contributed by atoms with E-state index in [0.29, 0.717) is 23.5 Å². The lowest BCUT2D eigenvalue weighted by molar-refractivity contribution is 0.194. The highest BCUT2D eigenvalue weighted by atomic mass is 16.5. The van der Waals surface area contributed by atoms with Gasteiger partial charge in [0.1, 0.15) is 0 Å². The zero-order chi connectivity index (χ0) is 12.1. The Morgan fingerprint density at radius 2 is 2.06 bits per heavy atom. The molecule has 0 heterocycles. The first-order chi connectivity index (χ1) is 7.62. The molecule has 0 aliphatic heterocycles. The van der Waals surface area contributed by atoms with Crippen LogP contribution in [0.3, 0.4) is 0 Å². The number of aliphatic hydroxyl groups is 1. The Balaban J connectivity index is 3.26. The van der Waals surface area contributed by atoms with Crippen LogP contribution >= 0.6 is 0 Å². The van der Waals surface area contributed by atoms with Crippen molar-refractivity contribution in [1.29, 1.82) is 5.26 Å². The summed E-state index contributed by atoms with van der Waals surface area (Å²) in [7, 11) is 3.06. The monoisotopic (exact) mass is 221 g/mol. The minimum absolute atomic E-state index is 0.426. The first-order valence-electron chi connectivity index (χ1n) is 4.95. The van der Waals surface area contributed by atoms with Crippen LogP contribution in [-0.4, -0.2) is 25.4 Å². The first-order valence-corrected chi connectivity index (χ1v) is 4.95. The molecule has 0 amide bonds. The largest absolute Gasteiger partial charge is 0.493 e. The van der Waals surface area contributed by atoms with Crippen molar-refractivity contribution in [1.82, 2.24) is 0 Å². The number of hydrogen-bond acceptors (Lipinski definition) is 4. The second-order valence-corrected chi connectivity index (χ2v) is 3.54. The zero-order valence-corrected chi connectivity index (χ0v) is 9.65. The van der Waals surface area contributed by atoms with Gasteiger partial charge in [0.2, 0.25) is 0 Å². The first kappa shape index (κ1) is 12.3. The maximum Gasteiger partial charge on any atom is 0.164 e. The molecule has 0 fully saturated rings. The van der Waals surface area contributed by atoms with E-state index in [0.717, 1.165) is 5.56 Å². The van der Waals surface area contributed by atoms with Crippen LogP contribution in [0.4, 0.5) is 0 Å². The van der Waals surface area contributed by atoms with E-state index in [9.17, 15) is 5.11 Å². The van der Waals surface area contributed by atoms with E-state index >= 15 is 0 Å². The Morgan fingerprint density at radius 1 is 1.38 bits per heavy atom. The number of benzene rings is 1. The molecule has 0 spiro atoms. The van der Waals surface area contributed by atoms with Gasteiger partial charge >= 0.3 is 0 Å². The molecule has 0 aliphatic carbocycles. The number of nitrogens with zero attached hydrogens (tertiary/aromatic N) is 1. The van der Waals surface area contributed by atoms with Crippen molar-refractivity contribution >= 4 is 0 Å². The molecule has 1 rings (SSSR count). The van der Waals surface area contributed by atoms with Crippen molar-refractivity contribution in [3.05, 3.63) is 23.3 Å². The summed E-state index contributed by atoms with van der Waals surface area (Å²) in [6, 6.07) is 5.37. The Morgan fingerprint density at radius 3 is 2.50 bits per heavy atom. The van der Waals surface area contributed by atoms with Gasteiger partial charge in [-0.2, -0.15) is 5.26 Å². The fraction of sp³-hybridized carbons (Fsp3) is 0.417. The lowest BCUT2D eigenvalue weighted by Gasteiger charge is -2.14. The van der Waals surface area contributed by atoms with Gasteiger partial charge in [-0.1, -0.05) is 0 Å². The predicted octanol–water partition coefficient (Wildman–Crippen LogP) is 1.50. The maximum atomic E-state index is 9.37. The molecule has 1 aromatic rings. The molecule has 0 aliphatic rings. The quantitative estimate of drug-likeness (QED) is 0.836. The lowest BCUT2D eigenvalue weighted by Crippen LogP contribution is -2.07. The number of hydrogen-bond donors (Lipinski definition) is 1. The molecular formula is C12H15NO3. The highest BCUT2D eigenvalue weighted by Crippen LogP contribution is 2.33. The Bertz CT molecular complexity index is 407. The van der Waals surface area contributed by atoms with E-state index in [1.54, 1.807) is 19.1 Å². The van der Waals surface area contributed by atoms with Crippen molar-refractivity contribution in [2.24, 2.45) is 0 Å². The number of nitriles is 1. The number of aliphatic hydroxyl groups excluding tert-OH is 1. The van der Waals surface area contributed by atoms with Gasteiger partial charge in [0.15, 0.2) is 11.5 Å². The van der Waals surface area contributed by atoms with E-state index in [1.807, 2.05) is 6.07 Å². The van der Waals surface area contributed by atoms with Gasteiger partial charge in [-0.05, 0) is 13.0 Å². The molecule has 4 heteroatoms. The molecular weight excluding hydrogens is 206 g/mol. The van der Waals surface area contributed by atoms with Gasteiger partial charge in [-0.25, -0.2) is 0 Å². The van der Waals surface area contributed by atoms with Crippen LogP contribution in [0.2, 0.25) is 0 Å². The van der Waals surface area contributed by atoms with Gasteiger partial charge in [-0.15, -0.1) is 0 Å². The molecule has 0 saturated carbocycles. The molecule has 1 N–H and O–H groups in total. The topological polar surface area (TPSA) is 62.5 Å². The predicted molar refractivity (Wildman–Crippen MR) is 59.6 cm³/mol. The summed E-state index contributed by atoms with van der Waals surface area (Å²) >= 11 is 0. The van der Waals surface area contributed by atoms with Crippen molar-refractivity contribution in [2.45, 2.75) is 19.4 Å². The minimum atomic E-state index is -0.493. The van der Waals surface area contributed by atoms with Crippen LogP contribution < -0.4 is 9.47 Å². The second-order valence-electron chi connectivity index (χ2n) is 3.54. The highest BCUT2D eigenvalue weighted by Gasteiger charge is 2.13. The number of methoxy groups -OCH3 is 2. The smallest absolute Gasteiger partial charge is 0.164 e. The third-order valence-electron chi connectivity index (χ3n) is 2.20. The molecule has 86 valence electrons.